The Morgan fingerprint density at radius 3 is 2.74 bits per heavy atom. The van der Waals surface area contributed by atoms with Crippen molar-refractivity contribution in [1.29, 1.82) is 0 Å². The van der Waals surface area contributed by atoms with E-state index >= 15 is 0 Å². The first-order valence-electron chi connectivity index (χ1n) is 7.33. The van der Waals surface area contributed by atoms with Crippen LogP contribution in [0.3, 0.4) is 0 Å². The zero-order valence-electron chi connectivity index (χ0n) is 13.0. The number of urea groups is 1. The summed E-state index contributed by atoms with van der Waals surface area (Å²) in [7, 11) is 0. The molecule has 2 amide bonds. The van der Waals surface area contributed by atoms with Crippen LogP contribution in [0.1, 0.15) is 20.3 Å². The minimum absolute atomic E-state index is 0.133. The lowest BCUT2D eigenvalue weighted by atomic mass is 10.2. The largest absolute Gasteiger partial charge is 0.466 e. The van der Waals surface area contributed by atoms with Crippen LogP contribution in [0.25, 0.3) is 10.4 Å². The molecule has 0 fully saturated rings. The number of esters is 1. The number of benzene rings is 1. The molecule has 1 aromatic carbocycles. The molecule has 0 radical (unpaired) electrons. The Morgan fingerprint density at radius 1 is 1.30 bits per heavy atom. The summed E-state index contributed by atoms with van der Waals surface area (Å²) in [5, 5.41) is 5.86. The molecule has 2 rings (SSSR count). The minimum Gasteiger partial charge on any atom is -0.466 e. The fourth-order valence-corrected chi connectivity index (χ4v) is 2.76. The maximum Gasteiger partial charge on any atom is 0.321 e. The van der Waals surface area contributed by atoms with Gasteiger partial charge in [0.05, 0.1) is 17.9 Å². The van der Waals surface area contributed by atoms with E-state index in [0.717, 1.165) is 10.4 Å². The molecule has 122 valence electrons. The topological polar surface area (TPSA) is 80.3 Å². The Kier molecular flexibility index (Phi) is 6.10. The van der Waals surface area contributed by atoms with E-state index in [1.165, 1.54) is 11.3 Å². The number of nitrogens with zero attached hydrogens (tertiary/aromatic N) is 1. The van der Waals surface area contributed by atoms with Gasteiger partial charge in [-0.25, -0.2) is 9.78 Å². The number of anilines is 1. The highest BCUT2D eigenvalue weighted by Gasteiger charge is 2.14. The molecule has 0 aliphatic carbocycles. The molecular formula is C16H19N3O3S. The summed E-state index contributed by atoms with van der Waals surface area (Å²) in [6.45, 7) is 3.82. The van der Waals surface area contributed by atoms with Crippen LogP contribution >= 0.6 is 11.3 Å². The van der Waals surface area contributed by atoms with Gasteiger partial charge in [-0.1, -0.05) is 41.7 Å². The van der Waals surface area contributed by atoms with Crippen molar-refractivity contribution in [3.8, 4) is 10.4 Å². The van der Waals surface area contributed by atoms with Gasteiger partial charge < -0.3 is 10.1 Å². The van der Waals surface area contributed by atoms with Gasteiger partial charge in [0, 0.05) is 12.2 Å². The van der Waals surface area contributed by atoms with Crippen LogP contribution in [0.15, 0.2) is 36.5 Å². The molecule has 23 heavy (non-hydrogen) atoms. The Bertz CT molecular complexity index is 658. The summed E-state index contributed by atoms with van der Waals surface area (Å²) < 4.78 is 4.84. The molecule has 0 bridgehead atoms. The van der Waals surface area contributed by atoms with Crippen LogP contribution in [0.4, 0.5) is 9.93 Å². The average molecular weight is 333 g/mol. The zero-order valence-corrected chi connectivity index (χ0v) is 13.9. The van der Waals surface area contributed by atoms with Crippen LogP contribution in [-0.4, -0.2) is 29.6 Å². The van der Waals surface area contributed by atoms with E-state index in [4.69, 9.17) is 4.74 Å². The normalized spacial score (nSPS) is 11.6. The molecule has 0 saturated carbocycles. The van der Waals surface area contributed by atoms with Crippen molar-refractivity contribution in [2.75, 3.05) is 11.9 Å². The van der Waals surface area contributed by atoms with Crippen molar-refractivity contribution in [1.82, 2.24) is 10.3 Å². The first-order valence-corrected chi connectivity index (χ1v) is 8.14. The van der Waals surface area contributed by atoms with Crippen LogP contribution in [0.5, 0.6) is 0 Å². The summed E-state index contributed by atoms with van der Waals surface area (Å²) in [5.41, 5.74) is 1.05. The first-order chi connectivity index (χ1) is 11.1. The average Bonchev–Trinajstić information content (AvgIpc) is 2.96. The third kappa shape index (κ3) is 5.37. The van der Waals surface area contributed by atoms with Crippen molar-refractivity contribution < 1.29 is 14.3 Å². The third-order valence-corrected chi connectivity index (χ3v) is 3.90. The lowest BCUT2D eigenvalue weighted by Gasteiger charge is -2.12. The van der Waals surface area contributed by atoms with Gasteiger partial charge in [0.2, 0.25) is 0 Å². The Hall–Kier alpha value is -2.41. The second-order valence-electron chi connectivity index (χ2n) is 4.90. The molecule has 7 heteroatoms. The molecule has 6 nitrogen and oxygen atoms in total. The van der Waals surface area contributed by atoms with Gasteiger partial charge in [0.25, 0.3) is 0 Å². The second-order valence-corrected chi connectivity index (χ2v) is 5.93. The van der Waals surface area contributed by atoms with E-state index in [2.05, 4.69) is 15.6 Å². The smallest absolute Gasteiger partial charge is 0.321 e. The number of ether oxygens (including phenoxy) is 1. The van der Waals surface area contributed by atoms with E-state index < -0.39 is 6.03 Å². The molecule has 0 saturated heterocycles. The van der Waals surface area contributed by atoms with Gasteiger partial charge in [-0.2, -0.15) is 0 Å². The summed E-state index contributed by atoms with van der Waals surface area (Å²) >= 11 is 1.39. The van der Waals surface area contributed by atoms with Crippen LogP contribution in [0.2, 0.25) is 0 Å². The van der Waals surface area contributed by atoms with Crippen molar-refractivity contribution >= 4 is 28.5 Å². The number of hydrogen-bond donors (Lipinski definition) is 2. The quantitative estimate of drug-likeness (QED) is 0.795. The van der Waals surface area contributed by atoms with Crippen LogP contribution < -0.4 is 10.6 Å². The molecule has 2 N–H and O–H groups in total. The number of carbonyl (C=O) groups is 2. The number of amides is 2. The van der Waals surface area contributed by atoms with Crippen molar-refractivity contribution in [2.45, 2.75) is 26.3 Å². The number of nitrogens with one attached hydrogen (secondary N) is 2. The highest BCUT2D eigenvalue weighted by Crippen LogP contribution is 2.28. The van der Waals surface area contributed by atoms with Crippen molar-refractivity contribution in [3.05, 3.63) is 36.5 Å². The van der Waals surface area contributed by atoms with Crippen molar-refractivity contribution in [2.24, 2.45) is 0 Å². The predicted octanol–water partition coefficient (Wildman–Crippen LogP) is 3.27. The predicted molar refractivity (Wildman–Crippen MR) is 90.4 cm³/mol. The van der Waals surface area contributed by atoms with Crippen LogP contribution in [-0.2, 0) is 9.53 Å². The molecule has 0 aliphatic rings. The van der Waals surface area contributed by atoms with E-state index in [1.807, 2.05) is 30.3 Å². The summed E-state index contributed by atoms with van der Waals surface area (Å²) in [5.74, 6) is -0.332. The number of thiazole rings is 1. The van der Waals surface area contributed by atoms with E-state index in [9.17, 15) is 9.59 Å². The molecule has 1 atom stereocenters. The summed E-state index contributed by atoms with van der Waals surface area (Å²) in [6.07, 6.45) is 1.85. The lowest BCUT2D eigenvalue weighted by molar-refractivity contribution is -0.143. The van der Waals surface area contributed by atoms with Gasteiger partial charge in [0.15, 0.2) is 5.13 Å². The molecule has 0 spiro atoms. The van der Waals surface area contributed by atoms with E-state index in [-0.39, 0.29) is 18.4 Å². The molecule has 1 aromatic heterocycles. The highest BCUT2D eigenvalue weighted by molar-refractivity contribution is 7.19. The second kappa shape index (κ2) is 8.28. The highest BCUT2D eigenvalue weighted by atomic mass is 32.1. The number of hydrogen-bond acceptors (Lipinski definition) is 5. The lowest BCUT2D eigenvalue weighted by Crippen LogP contribution is -2.37. The minimum atomic E-state index is -0.393. The monoisotopic (exact) mass is 333 g/mol. The van der Waals surface area contributed by atoms with Gasteiger partial charge in [-0.3, -0.25) is 10.1 Å². The fraction of sp³-hybridized carbons (Fsp3) is 0.312. The maximum atomic E-state index is 11.9. The van der Waals surface area contributed by atoms with Gasteiger partial charge >= 0.3 is 12.0 Å². The molecule has 1 heterocycles. The van der Waals surface area contributed by atoms with Gasteiger partial charge in [0.1, 0.15) is 0 Å². The number of rotatable bonds is 6. The standard InChI is InChI=1S/C16H19N3O3S/c1-3-22-14(20)9-11(2)18-15(21)19-16-17-10-13(23-16)12-7-5-4-6-8-12/h4-8,10-11H,3,9H2,1-2H3,(H2,17,18,19,21). The zero-order chi connectivity index (χ0) is 16.7. The van der Waals surface area contributed by atoms with E-state index in [0.29, 0.717) is 11.7 Å². The number of aromatic nitrogens is 1. The Balaban J connectivity index is 1.86. The Labute approximate surface area is 138 Å². The molecule has 0 aliphatic heterocycles. The summed E-state index contributed by atoms with van der Waals surface area (Å²) in [4.78, 5) is 28.4. The van der Waals surface area contributed by atoms with Gasteiger partial charge in [-0.05, 0) is 19.4 Å². The maximum absolute atomic E-state index is 11.9. The van der Waals surface area contributed by atoms with E-state index in [1.54, 1.807) is 20.0 Å². The summed E-state index contributed by atoms with van der Waals surface area (Å²) in [6, 6.07) is 9.11. The molecule has 2 aromatic rings. The fourth-order valence-electron chi connectivity index (χ4n) is 1.95. The Morgan fingerprint density at radius 2 is 2.04 bits per heavy atom. The molecule has 1 unspecified atom stereocenters. The number of carbonyl (C=O) groups excluding carboxylic acids is 2. The van der Waals surface area contributed by atoms with Crippen LogP contribution in [0, 0.1) is 0 Å². The van der Waals surface area contributed by atoms with Gasteiger partial charge in [-0.15, -0.1) is 0 Å². The molecular weight excluding hydrogens is 314 g/mol. The third-order valence-electron chi connectivity index (χ3n) is 2.94. The van der Waals surface area contributed by atoms with Crippen molar-refractivity contribution in [3.63, 3.8) is 0 Å². The first kappa shape index (κ1) is 17.0. The SMILES string of the molecule is CCOC(=O)CC(C)NC(=O)Nc1ncc(-c2ccccc2)s1.